The Balaban J connectivity index is 4.36. The van der Waals surface area contributed by atoms with Gasteiger partial charge in [-0.2, -0.15) is 0 Å². The van der Waals surface area contributed by atoms with Crippen molar-refractivity contribution in [2.75, 3.05) is 13.2 Å². The largest absolute Gasteiger partial charge is 0.462 e. The first-order valence-corrected chi connectivity index (χ1v) is 30.6. The van der Waals surface area contributed by atoms with Crippen molar-refractivity contribution in [1.82, 2.24) is 0 Å². The Hall–Kier alpha value is -2.63. The number of ether oxygens (including phenoxy) is 3. The summed E-state index contributed by atoms with van der Waals surface area (Å²) in [5.74, 6) is -0.865. The van der Waals surface area contributed by atoms with Crippen LogP contribution in [-0.2, 0) is 28.6 Å². The summed E-state index contributed by atoms with van der Waals surface area (Å²) in [7, 11) is 0. The van der Waals surface area contributed by atoms with Crippen molar-refractivity contribution < 1.29 is 28.6 Å². The van der Waals surface area contributed by atoms with Crippen LogP contribution < -0.4 is 0 Å². The molecule has 0 bridgehead atoms. The average molecular weight is 982 g/mol. The van der Waals surface area contributed by atoms with Crippen molar-refractivity contribution in [3.8, 4) is 0 Å². The highest BCUT2D eigenvalue weighted by Crippen LogP contribution is 2.17. The zero-order chi connectivity index (χ0) is 50.7. The predicted molar refractivity (Wildman–Crippen MR) is 302 cm³/mol. The van der Waals surface area contributed by atoms with Gasteiger partial charge in [-0.3, -0.25) is 14.4 Å². The van der Waals surface area contributed by atoms with Crippen molar-refractivity contribution in [2.45, 2.75) is 329 Å². The molecule has 0 aromatic heterocycles. The zero-order valence-corrected chi connectivity index (χ0v) is 46.8. The van der Waals surface area contributed by atoms with E-state index in [-0.39, 0.29) is 31.1 Å². The molecular formula is C64H116O6. The Morgan fingerprint density at radius 3 is 0.871 bits per heavy atom. The molecule has 408 valence electrons. The summed E-state index contributed by atoms with van der Waals surface area (Å²) in [5.41, 5.74) is 0. The van der Waals surface area contributed by atoms with Gasteiger partial charge < -0.3 is 14.2 Å². The minimum atomic E-state index is -0.776. The molecule has 0 rings (SSSR count). The second kappa shape index (κ2) is 58.9. The molecule has 1 unspecified atom stereocenters. The Kier molecular flexibility index (Phi) is 56.7. The van der Waals surface area contributed by atoms with Gasteiger partial charge in [-0.1, -0.05) is 294 Å². The van der Waals surface area contributed by atoms with Crippen molar-refractivity contribution in [1.29, 1.82) is 0 Å². The quantitative estimate of drug-likeness (QED) is 0.0261. The fourth-order valence-electron chi connectivity index (χ4n) is 9.02. The van der Waals surface area contributed by atoms with Gasteiger partial charge in [0.15, 0.2) is 6.10 Å². The van der Waals surface area contributed by atoms with Crippen molar-refractivity contribution in [3.63, 3.8) is 0 Å². The minimum Gasteiger partial charge on any atom is -0.462 e. The van der Waals surface area contributed by atoms with E-state index in [1.165, 1.54) is 193 Å². The summed E-state index contributed by atoms with van der Waals surface area (Å²) in [6, 6.07) is 0. The normalized spacial score (nSPS) is 12.3. The molecule has 0 aromatic carbocycles. The molecule has 6 nitrogen and oxygen atoms in total. The molecule has 1 atom stereocenters. The summed E-state index contributed by atoms with van der Waals surface area (Å²) in [5, 5.41) is 0. The summed E-state index contributed by atoms with van der Waals surface area (Å²) in [6.45, 7) is 6.57. The van der Waals surface area contributed by atoms with E-state index in [0.29, 0.717) is 19.3 Å². The lowest BCUT2D eigenvalue weighted by atomic mass is 10.0. The standard InChI is InChI=1S/C64H116O6/c1-4-7-10-13-16-19-22-25-28-31-32-34-36-39-42-45-48-51-54-57-63(66)69-60-61(59-68-62(65)56-53-50-47-44-41-38-35-30-27-24-21-18-15-12-9-6-3)70-64(67)58-55-52-49-46-43-40-37-33-29-26-23-20-17-14-11-8-5-2/h7,10,16,19,25,28,32,34,61H,4-6,8-9,11-15,17-18,20-24,26-27,29-31,33,35-60H2,1-3H3/b10-7-,19-16-,28-25-,34-32-. The first kappa shape index (κ1) is 67.4. The Labute approximate surface area is 435 Å². The molecule has 70 heavy (non-hydrogen) atoms. The molecule has 0 aromatic rings. The van der Waals surface area contributed by atoms with E-state index in [9.17, 15) is 14.4 Å². The maximum Gasteiger partial charge on any atom is 0.306 e. The van der Waals surface area contributed by atoms with Gasteiger partial charge >= 0.3 is 17.9 Å². The SMILES string of the molecule is CC/C=C\C/C=C\C/C=C\C/C=C\CCCCCCCCC(=O)OCC(COC(=O)CCCCCCCCCCCCCCCCCC)OC(=O)CCCCCCCCCCCCCCCCCCC. The number of hydrogen-bond donors (Lipinski definition) is 0. The summed E-state index contributed by atoms with van der Waals surface area (Å²) < 4.78 is 16.9. The van der Waals surface area contributed by atoms with Crippen molar-refractivity contribution in [3.05, 3.63) is 48.6 Å². The van der Waals surface area contributed by atoms with E-state index in [1.54, 1.807) is 0 Å². The molecule has 0 saturated carbocycles. The molecule has 0 radical (unpaired) electrons. The third-order valence-electron chi connectivity index (χ3n) is 13.6. The number of carbonyl (C=O) groups is 3. The van der Waals surface area contributed by atoms with Gasteiger partial charge in [-0.05, 0) is 57.8 Å². The number of hydrogen-bond acceptors (Lipinski definition) is 6. The van der Waals surface area contributed by atoms with E-state index in [0.717, 1.165) is 89.9 Å². The lowest BCUT2D eigenvalue weighted by Crippen LogP contribution is -2.30. The van der Waals surface area contributed by atoms with Crippen LogP contribution in [0.15, 0.2) is 48.6 Å². The molecule has 0 aliphatic heterocycles. The topological polar surface area (TPSA) is 78.9 Å². The van der Waals surface area contributed by atoms with Crippen LogP contribution >= 0.6 is 0 Å². The second-order valence-corrected chi connectivity index (χ2v) is 20.6. The number of carbonyl (C=O) groups excluding carboxylic acids is 3. The maximum atomic E-state index is 12.9. The van der Waals surface area contributed by atoms with E-state index < -0.39 is 6.10 Å². The number of unbranched alkanes of at least 4 members (excludes halogenated alkanes) is 37. The number of allylic oxidation sites excluding steroid dienone is 8. The van der Waals surface area contributed by atoms with Crippen LogP contribution in [0.25, 0.3) is 0 Å². The molecule has 0 spiro atoms. The molecule has 0 aliphatic carbocycles. The Morgan fingerprint density at radius 2 is 0.557 bits per heavy atom. The first-order valence-electron chi connectivity index (χ1n) is 30.6. The van der Waals surface area contributed by atoms with Crippen LogP contribution in [0.5, 0.6) is 0 Å². The summed E-state index contributed by atoms with van der Waals surface area (Å²) in [4.78, 5) is 38.3. The summed E-state index contributed by atoms with van der Waals surface area (Å²) in [6.07, 6.45) is 72.4. The van der Waals surface area contributed by atoms with E-state index in [4.69, 9.17) is 14.2 Å². The fraction of sp³-hybridized carbons (Fsp3) is 0.828. The fourth-order valence-corrected chi connectivity index (χ4v) is 9.02. The minimum absolute atomic E-state index is 0.0727. The lowest BCUT2D eigenvalue weighted by molar-refractivity contribution is -0.167. The third-order valence-corrected chi connectivity index (χ3v) is 13.6. The van der Waals surface area contributed by atoms with Gasteiger partial charge in [0, 0.05) is 19.3 Å². The number of rotatable bonds is 56. The monoisotopic (exact) mass is 981 g/mol. The van der Waals surface area contributed by atoms with Gasteiger partial charge in [0.25, 0.3) is 0 Å². The van der Waals surface area contributed by atoms with Crippen LogP contribution in [0.4, 0.5) is 0 Å². The average Bonchev–Trinajstić information content (AvgIpc) is 3.36. The highest BCUT2D eigenvalue weighted by atomic mass is 16.6. The van der Waals surface area contributed by atoms with Crippen LogP contribution in [0, 0.1) is 0 Å². The Morgan fingerprint density at radius 1 is 0.300 bits per heavy atom. The molecule has 0 heterocycles. The highest BCUT2D eigenvalue weighted by molar-refractivity contribution is 5.71. The smallest absolute Gasteiger partial charge is 0.306 e. The van der Waals surface area contributed by atoms with Gasteiger partial charge in [0.1, 0.15) is 13.2 Å². The predicted octanol–water partition coefficient (Wildman–Crippen LogP) is 20.6. The van der Waals surface area contributed by atoms with Crippen LogP contribution in [0.3, 0.4) is 0 Å². The zero-order valence-electron chi connectivity index (χ0n) is 46.8. The summed E-state index contributed by atoms with van der Waals surface area (Å²) >= 11 is 0. The highest BCUT2D eigenvalue weighted by Gasteiger charge is 2.19. The molecule has 0 aliphatic rings. The second-order valence-electron chi connectivity index (χ2n) is 20.6. The number of esters is 3. The van der Waals surface area contributed by atoms with E-state index in [1.807, 2.05) is 0 Å². The maximum absolute atomic E-state index is 12.9. The molecule has 0 amide bonds. The molecule has 0 saturated heterocycles. The third kappa shape index (κ3) is 56.3. The van der Waals surface area contributed by atoms with E-state index in [2.05, 4.69) is 69.4 Å². The molecule has 6 heteroatoms. The van der Waals surface area contributed by atoms with E-state index >= 15 is 0 Å². The van der Waals surface area contributed by atoms with Crippen molar-refractivity contribution in [2.24, 2.45) is 0 Å². The van der Waals surface area contributed by atoms with Crippen LogP contribution in [0.1, 0.15) is 323 Å². The van der Waals surface area contributed by atoms with Crippen LogP contribution in [-0.4, -0.2) is 37.2 Å². The van der Waals surface area contributed by atoms with Gasteiger partial charge in [0.05, 0.1) is 0 Å². The van der Waals surface area contributed by atoms with Gasteiger partial charge in [-0.25, -0.2) is 0 Å². The lowest BCUT2D eigenvalue weighted by Gasteiger charge is -2.18. The van der Waals surface area contributed by atoms with Gasteiger partial charge in [0.2, 0.25) is 0 Å². The molecule has 0 fully saturated rings. The van der Waals surface area contributed by atoms with Crippen molar-refractivity contribution >= 4 is 17.9 Å². The van der Waals surface area contributed by atoms with Gasteiger partial charge in [-0.15, -0.1) is 0 Å². The molecular weight excluding hydrogens is 865 g/mol. The molecule has 0 N–H and O–H groups in total. The first-order chi connectivity index (χ1) is 34.5. The van der Waals surface area contributed by atoms with Crippen LogP contribution in [0.2, 0.25) is 0 Å². The Bertz CT molecular complexity index is 1220.